The molecule has 0 heterocycles. The Kier molecular flexibility index (Phi) is 5.12. The summed E-state index contributed by atoms with van der Waals surface area (Å²) in [5.41, 5.74) is 7.56. The summed E-state index contributed by atoms with van der Waals surface area (Å²) in [6, 6.07) is 5.99. The number of nitrogens with two attached hydrogens (primary N) is 1. The molecule has 0 spiro atoms. The second-order valence-corrected chi connectivity index (χ2v) is 6.37. The van der Waals surface area contributed by atoms with Crippen LogP contribution in [0.3, 0.4) is 0 Å². The smallest absolute Gasteiger partial charge is 0.239 e. The molecule has 1 aromatic carbocycles. The number of anilines is 1. The van der Waals surface area contributed by atoms with Crippen LogP contribution >= 0.6 is 11.8 Å². The SMILES string of the molecule is Cc1c(N)cccc1SCC(=O)N(C)CC(=O)NC1CC1. The first-order valence-corrected chi connectivity index (χ1v) is 7.97. The van der Waals surface area contributed by atoms with Crippen molar-refractivity contribution in [3.05, 3.63) is 23.8 Å². The highest BCUT2D eigenvalue weighted by molar-refractivity contribution is 8.00. The van der Waals surface area contributed by atoms with Crippen LogP contribution in [0.1, 0.15) is 18.4 Å². The Hall–Kier alpha value is -1.69. The fourth-order valence-electron chi connectivity index (χ4n) is 1.84. The van der Waals surface area contributed by atoms with Gasteiger partial charge in [0.15, 0.2) is 0 Å². The maximum atomic E-state index is 12.0. The van der Waals surface area contributed by atoms with E-state index in [4.69, 9.17) is 5.73 Å². The molecule has 0 aliphatic heterocycles. The molecular weight excluding hydrogens is 286 g/mol. The Morgan fingerprint density at radius 3 is 2.81 bits per heavy atom. The molecule has 0 aromatic heterocycles. The minimum absolute atomic E-state index is 0.0622. The summed E-state index contributed by atoms with van der Waals surface area (Å²) in [6.07, 6.45) is 2.10. The van der Waals surface area contributed by atoms with Gasteiger partial charge in [0.05, 0.1) is 12.3 Å². The number of nitrogen functional groups attached to an aromatic ring is 1. The predicted octanol–water partition coefficient (Wildman–Crippen LogP) is 1.41. The third-order valence-corrected chi connectivity index (χ3v) is 4.57. The summed E-state index contributed by atoms with van der Waals surface area (Å²) in [7, 11) is 1.65. The molecule has 6 heteroatoms. The van der Waals surface area contributed by atoms with Gasteiger partial charge in [-0.05, 0) is 37.5 Å². The summed E-state index contributed by atoms with van der Waals surface area (Å²) in [4.78, 5) is 26.2. The average Bonchev–Trinajstić information content (AvgIpc) is 3.23. The minimum atomic E-state index is -0.0847. The number of hydrogen-bond acceptors (Lipinski definition) is 4. The third kappa shape index (κ3) is 4.67. The average molecular weight is 307 g/mol. The zero-order valence-electron chi connectivity index (χ0n) is 12.4. The molecule has 0 saturated heterocycles. The van der Waals surface area contributed by atoms with Crippen molar-refractivity contribution < 1.29 is 9.59 Å². The van der Waals surface area contributed by atoms with Crippen molar-refractivity contribution in [2.75, 3.05) is 25.1 Å². The van der Waals surface area contributed by atoms with Crippen molar-refractivity contribution in [2.24, 2.45) is 0 Å². The zero-order valence-corrected chi connectivity index (χ0v) is 13.2. The quantitative estimate of drug-likeness (QED) is 0.615. The lowest BCUT2D eigenvalue weighted by Gasteiger charge is -2.17. The van der Waals surface area contributed by atoms with Crippen LogP contribution in [0.15, 0.2) is 23.1 Å². The Morgan fingerprint density at radius 2 is 2.14 bits per heavy atom. The molecule has 0 bridgehead atoms. The molecule has 114 valence electrons. The lowest BCUT2D eigenvalue weighted by Crippen LogP contribution is -2.39. The normalized spacial score (nSPS) is 13.8. The van der Waals surface area contributed by atoms with Crippen molar-refractivity contribution >= 4 is 29.3 Å². The van der Waals surface area contributed by atoms with E-state index >= 15 is 0 Å². The molecule has 21 heavy (non-hydrogen) atoms. The third-order valence-electron chi connectivity index (χ3n) is 3.43. The number of likely N-dealkylation sites (N-methyl/N-ethyl adjacent to an activating group) is 1. The fourth-order valence-corrected chi connectivity index (χ4v) is 2.85. The van der Waals surface area contributed by atoms with Gasteiger partial charge in [0.25, 0.3) is 0 Å². The van der Waals surface area contributed by atoms with Crippen LogP contribution in [0, 0.1) is 6.92 Å². The first-order chi connectivity index (χ1) is 9.97. The number of nitrogens with one attached hydrogen (secondary N) is 1. The van der Waals surface area contributed by atoms with E-state index in [0.29, 0.717) is 11.8 Å². The van der Waals surface area contributed by atoms with Crippen molar-refractivity contribution in [2.45, 2.75) is 30.7 Å². The van der Waals surface area contributed by atoms with Gasteiger partial charge in [0.2, 0.25) is 11.8 Å². The van der Waals surface area contributed by atoms with Crippen LogP contribution in [0.25, 0.3) is 0 Å². The Bertz CT molecular complexity index is 544. The van der Waals surface area contributed by atoms with E-state index < -0.39 is 0 Å². The van der Waals surface area contributed by atoms with E-state index in [1.54, 1.807) is 7.05 Å². The highest BCUT2D eigenvalue weighted by atomic mass is 32.2. The molecular formula is C15H21N3O2S. The number of amides is 2. The molecule has 0 radical (unpaired) electrons. The molecule has 0 unspecified atom stereocenters. The predicted molar refractivity (Wildman–Crippen MR) is 85.1 cm³/mol. The van der Waals surface area contributed by atoms with Gasteiger partial charge in [-0.25, -0.2) is 0 Å². The van der Waals surface area contributed by atoms with Crippen LogP contribution in [0.2, 0.25) is 0 Å². The van der Waals surface area contributed by atoms with E-state index in [1.807, 2.05) is 25.1 Å². The van der Waals surface area contributed by atoms with Crippen molar-refractivity contribution in [1.82, 2.24) is 10.2 Å². The van der Waals surface area contributed by atoms with Crippen LogP contribution < -0.4 is 11.1 Å². The van der Waals surface area contributed by atoms with Crippen LogP contribution in [-0.2, 0) is 9.59 Å². The Morgan fingerprint density at radius 1 is 1.43 bits per heavy atom. The summed E-state index contributed by atoms with van der Waals surface area (Å²) in [6.45, 7) is 2.06. The van der Waals surface area contributed by atoms with Crippen molar-refractivity contribution in [3.8, 4) is 0 Å². The number of nitrogens with zero attached hydrogens (tertiary/aromatic N) is 1. The number of benzene rings is 1. The number of rotatable bonds is 6. The second kappa shape index (κ2) is 6.85. The van der Waals surface area contributed by atoms with Gasteiger partial charge in [-0.15, -0.1) is 11.8 Å². The molecule has 1 aliphatic carbocycles. The van der Waals surface area contributed by atoms with Crippen LogP contribution in [0.5, 0.6) is 0 Å². The number of carbonyl (C=O) groups is 2. The lowest BCUT2D eigenvalue weighted by molar-refractivity contribution is -0.132. The minimum Gasteiger partial charge on any atom is -0.398 e. The maximum absolute atomic E-state index is 12.0. The topological polar surface area (TPSA) is 75.4 Å². The molecule has 5 nitrogen and oxygen atoms in total. The highest BCUT2D eigenvalue weighted by Crippen LogP contribution is 2.26. The van der Waals surface area contributed by atoms with Crippen molar-refractivity contribution in [1.29, 1.82) is 0 Å². The molecule has 0 atom stereocenters. The van der Waals surface area contributed by atoms with Gasteiger partial charge in [0, 0.05) is 23.7 Å². The molecule has 1 aliphatic rings. The van der Waals surface area contributed by atoms with E-state index in [9.17, 15) is 9.59 Å². The van der Waals surface area contributed by atoms with E-state index in [0.717, 1.165) is 29.0 Å². The molecule has 1 saturated carbocycles. The van der Waals surface area contributed by atoms with E-state index in [2.05, 4.69) is 5.32 Å². The van der Waals surface area contributed by atoms with E-state index in [-0.39, 0.29) is 18.4 Å². The molecule has 1 aromatic rings. The standard InChI is InChI=1S/C15H21N3O2S/c1-10-12(16)4-3-5-13(10)21-9-15(20)18(2)8-14(19)17-11-6-7-11/h3-5,11H,6-9,16H2,1-2H3,(H,17,19). The number of hydrogen-bond donors (Lipinski definition) is 2. The molecule has 1 fully saturated rings. The van der Waals surface area contributed by atoms with Gasteiger partial charge in [0.1, 0.15) is 0 Å². The molecule has 3 N–H and O–H groups in total. The van der Waals surface area contributed by atoms with Crippen LogP contribution in [-0.4, -0.2) is 42.1 Å². The van der Waals surface area contributed by atoms with Gasteiger partial charge in [-0.2, -0.15) is 0 Å². The maximum Gasteiger partial charge on any atom is 0.239 e. The Balaban J connectivity index is 1.80. The van der Waals surface area contributed by atoms with Gasteiger partial charge < -0.3 is 16.0 Å². The Labute approximate surface area is 129 Å². The number of carbonyl (C=O) groups excluding carboxylic acids is 2. The fraction of sp³-hybridized carbons (Fsp3) is 0.467. The summed E-state index contributed by atoms with van der Waals surface area (Å²) < 4.78 is 0. The lowest BCUT2D eigenvalue weighted by atomic mass is 10.2. The summed E-state index contributed by atoms with van der Waals surface area (Å²) in [5.74, 6) is 0.156. The summed E-state index contributed by atoms with van der Waals surface area (Å²) >= 11 is 1.45. The first-order valence-electron chi connectivity index (χ1n) is 6.98. The van der Waals surface area contributed by atoms with Gasteiger partial charge >= 0.3 is 0 Å². The second-order valence-electron chi connectivity index (χ2n) is 5.35. The van der Waals surface area contributed by atoms with Gasteiger partial charge in [-0.1, -0.05) is 6.07 Å². The van der Waals surface area contributed by atoms with Crippen molar-refractivity contribution in [3.63, 3.8) is 0 Å². The number of thioether (sulfide) groups is 1. The summed E-state index contributed by atoms with van der Waals surface area (Å²) in [5, 5.41) is 2.87. The van der Waals surface area contributed by atoms with E-state index in [1.165, 1.54) is 16.7 Å². The highest BCUT2D eigenvalue weighted by Gasteiger charge is 2.24. The molecule has 2 amide bonds. The largest absolute Gasteiger partial charge is 0.398 e. The molecule has 2 rings (SSSR count). The van der Waals surface area contributed by atoms with Gasteiger partial charge in [-0.3, -0.25) is 9.59 Å². The monoisotopic (exact) mass is 307 g/mol. The first kappa shape index (κ1) is 15.7. The zero-order chi connectivity index (χ0) is 15.4. The van der Waals surface area contributed by atoms with Crippen LogP contribution in [0.4, 0.5) is 5.69 Å².